The number of nitrogens with zero attached hydrogens (tertiary/aromatic N) is 2. The Labute approximate surface area is 335 Å². The lowest BCUT2D eigenvalue weighted by Gasteiger charge is -2.39. The molecule has 2 heterocycles. The molecule has 0 bridgehead atoms. The van der Waals surface area contributed by atoms with E-state index in [0.717, 1.165) is 83.6 Å². The van der Waals surface area contributed by atoms with E-state index in [1.165, 1.54) is 0 Å². The highest BCUT2D eigenvalue weighted by molar-refractivity contribution is 6.38. The molecule has 56 heavy (non-hydrogen) atoms. The predicted molar refractivity (Wildman–Crippen MR) is 215 cm³/mol. The van der Waals surface area contributed by atoms with Crippen LogP contribution in [0.25, 0.3) is 0 Å². The van der Waals surface area contributed by atoms with Gasteiger partial charge in [0.05, 0.1) is 12.0 Å². The summed E-state index contributed by atoms with van der Waals surface area (Å²) in [5.41, 5.74) is -0.917. The molecule has 2 saturated heterocycles. The van der Waals surface area contributed by atoms with E-state index < -0.39 is 47.2 Å². The van der Waals surface area contributed by atoms with Crippen LogP contribution in [-0.2, 0) is 28.8 Å². The number of hydrogen-bond donors (Lipinski definition) is 4. The lowest BCUT2D eigenvalue weighted by molar-refractivity contribution is -0.145. The lowest BCUT2D eigenvalue weighted by Crippen LogP contribution is -2.62. The van der Waals surface area contributed by atoms with E-state index >= 15 is 4.79 Å². The first kappa shape index (κ1) is 42.6. The molecule has 5 amide bonds. The molecular weight excluding hydrogens is 709 g/mol. The SMILES string of the molecule is CCC[C@H](NC(=O)[C@@H]1C[C@@]2(CN1C(=O)[C@@H](NC(=O)C(NC(=O)[C@@H]1CCCN(C(C)C)C1)C(C)(C)C)C1CCCCC1)C(C)(C)C21CCC1)C(=O)C(=O)NC1CC1. The molecule has 2 aliphatic heterocycles. The quantitative estimate of drug-likeness (QED) is 0.187. The van der Waals surface area contributed by atoms with Crippen LogP contribution in [0.4, 0.5) is 0 Å². The fourth-order valence-corrected chi connectivity index (χ4v) is 11.4. The Balaban J connectivity index is 1.26. The van der Waals surface area contributed by atoms with Crippen molar-refractivity contribution in [2.45, 2.75) is 188 Å². The van der Waals surface area contributed by atoms with Gasteiger partial charge in [0.25, 0.3) is 5.91 Å². The number of ketones is 1. The van der Waals surface area contributed by atoms with Crippen LogP contribution in [0.3, 0.4) is 0 Å². The number of nitrogens with one attached hydrogen (secondary N) is 4. The second kappa shape index (κ2) is 16.3. The molecule has 2 spiro atoms. The second-order valence-corrected chi connectivity index (χ2v) is 20.4. The lowest BCUT2D eigenvalue weighted by atomic mass is 9.73. The smallest absolute Gasteiger partial charge is 0.289 e. The zero-order valence-corrected chi connectivity index (χ0v) is 35.7. The standard InChI is InChI=1S/C44H72N6O6/c1-9-15-31(34(51)38(54)45-30-19-20-30)46-37(53)32-24-44(42(7,8)43(44)21-14-22-43)26-50(32)40(56)33(28-16-11-10-12-17-28)47-39(55)35(41(4,5)6)48-36(52)29-18-13-23-49(25-29)27(2)3/h27-33,35H,9-26H2,1-8H3,(H,45,54)(H,46,53)(H,47,55)(H,48,52)/t29-,31+,32+,33+,35?,44-/m1/s1. The minimum absolute atomic E-state index is 0.0172. The first-order valence-electron chi connectivity index (χ1n) is 22.2. The molecule has 12 heteroatoms. The molecule has 4 saturated carbocycles. The van der Waals surface area contributed by atoms with Crippen molar-refractivity contribution < 1.29 is 28.8 Å². The Morgan fingerprint density at radius 1 is 0.804 bits per heavy atom. The summed E-state index contributed by atoms with van der Waals surface area (Å²) in [6.07, 6.45) is 12.6. The molecule has 6 atom stereocenters. The zero-order valence-electron chi connectivity index (χ0n) is 35.7. The van der Waals surface area contributed by atoms with Crippen molar-refractivity contribution in [3.63, 3.8) is 0 Å². The van der Waals surface area contributed by atoms with Crippen LogP contribution in [0, 0.1) is 33.5 Å². The Morgan fingerprint density at radius 3 is 2.04 bits per heavy atom. The maximum atomic E-state index is 15.3. The van der Waals surface area contributed by atoms with E-state index in [1.54, 1.807) is 4.90 Å². The zero-order chi connectivity index (χ0) is 40.8. The molecule has 0 radical (unpaired) electrons. The van der Waals surface area contributed by atoms with Gasteiger partial charge in [-0.2, -0.15) is 0 Å². The van der Waals surface area contributed by atoms with Gasteiger partial charge >= 0.3 is 0 Å². The average molecular weight is 781 g/mol. The predicted octanol–water partition coefficient (Wildman–Crippen LogP) is 4.63. The molecule has 4 N–H and O–H groups in total. The van der Waals surface area contributed by atoms with Crippen LogP contribution < -0.4 is 21.3 Å². The third-order valence-electron chi connectivity index (χ3n) is 15.4. The summed E-state index contributed by atoms with van der Waals surface area (Å²) in [4.78, 5) is 88.4. The number of amides is 5. The molecule has 6 aliphatic rings. The van der Waals surface area contributed by atoms with Gasteiger partial charge in [-0.25, -0.2) is 0 Å². The fourth-order valence-electron chi connectivity index (χ4n) is 11.4. The number of Topliss-reactive ketones (excluding diaryl/α,β-unsaturated/α-hetero) is 1. The number of piperidine rings is 1. The molecule has 0 aromatic rings. The number of likely N-dealkylation sites (tertiary alicyclic amines) is 2. The van der Waals surface area contributed by atoms with Gasteiger partial charge in [-0.05, 0) is 107 Å². The summed E-state index contributed by atoms with van der Waals surface area (Å²) in [5.74, 6) is -2.82. The van der Waals surface area contributed by atoms with Crippen LogP contribution in [0.2, 0.25) is 0 Å². The van der Waals surface area contributed by atoms with Crippen molar-refractivity contribution in [1.82, 2.24) is 31.1 Å². The first-order chi connectivity index (χ1) is 26.4. The maximum Gasteiger partial charge on any atom is 0.289 e. The van der Waals surface area contributed by atoms with Crippen molar-refractivity contribution in [1.29, 1.82) is 0 Å². The Hall–Kier alpha value is -3.02. The fraction of sp³-hybridized carbons (Fsp3) is 0.864. The summed E-state index contributed by atoms with van der Waals surface area (Å²) >= 11 is 0. The van der Waals surface area contributed by atoms with E-state index in [4.69, 9.17) is 0 Å². The summed E-state index contributed by atoms with van der Waals surface area (Å²) in [5, 5.41) is 12.1. The van der Waals surface area contributed by atoms with Crippen LogP contribution in [0.1, 0.15) is 152 Å². The van der Waals surface area contributed by atoms with Crippen LogP contribution in [-0.4, -0.2) is 101 Å². The minimum atomic E-state index is -0.980. The monoisotopic (exact) mass is 781 g/mol. The summed E-state index contributed by atoms with van der Waals surface area (Å²) in [6.45, 7) is 18.6. The highest BCUT2D eigenvalue weighted by Crippen LogP contribution is 2.88. The van der Waals surface area contributed by atoms with Crippen LogP contribution >= 0.6 is 0 Å². The van der Waals surface area contributed by atoms with E-state index in [-0.39, 0.29) is 51.8 Å². The van der Waals surface area contributed by atoms with E-state index in [0.29, 0.717) is 38.4 Å². The van der Waals surface area contributed by atoms with Crippen molar-refractivity contribution in [3.05, 3.63) is 0 Å². The highest BCUT2D eigenvalue weighted by atomic mass is 16.2. The number of fused-ring (bicyclic) bond motifs is 1. The van der Waals surface area contributed by atoms with E-state index in [1.807, 2.05) is 27.7 Å². The Kier molecular flexibility index (Phi) is 12.4. The summed E-state index contributed by atoms with van der Waals surface area (Å²) < 4.78 is 0. The molecule has 1 unspecified atom stereocenters. The van der Waals surface area contributed by atoms with E-state index in [9.17, 15) is 24.0 Å². The number of carbonyl (C=O) groups excluding carboxylic acids is 6. The molecule has 6 fully saturated rings. The Morgan fingerprint density at radius 2 is 1.48 bits per heavy atom. The van der Waals surface area contributed by atoms with Gasteiger partial charge in [0.1, 0.15) is 18.1 Å². The highest BCUT2D eigenvalue weighted by Gasteiger charge is 2.85. The van der Waals surface area contributed by atoms with Crippen molar-refractivity contribution >= 4 is 35.3 Å². The third-order valence-corrected chi connectivity index (χ3v) is 15.4. The van der Waals surface area contributed by atoms with Gasteiger partial charge in [0, 0.05) is 30.6 Å². The molecule has 12 nitrogen and oxygen atoms in total. The molecule has 314 valence electrons. The summed E-state index contributed by atoms with van der Waals surface area (Å²) in [7, 11) is 0. The minimum Gasteiger partial charge on any atom is -0.347 e. The normalized spacial score (nSPS) is 28.9. The van der Waals surface area contributed by atoms with Crippen LogP contribution in [0.15, 0.2) is 0 Å². The van der Waals surface area contributed by atoms with Gasteiger partial charge in [0.15, 0.2) is 0 Å². The van der Waals surface area contributed by atoms with Crippen molar-refractivity contribution in [3.8, 4) is 0 Å². The van der Waals surface area contributed by atoms with Gasteiger partial charge < -0.3 is 31.1 Å². The number of hydrogen-bond acceptors (Lipinski definition) is 7. The number of carbonyl (C=O) groups is 6. The van der Waals surface area contributed by atoms with Crippen LogP contribution in [0.5, 0.6) is 0 Å². The van der Waals surface area contributed by atoms with Gasteiger partial charge in [-0.15, -0.1) is 0 Å². The third kappa shape index (κ3) is 8.02. The molecule has 0 aromatic heterocycles. The van der Waals surface area contributed by atoms with Gasteiger partial charge in [-0.1, -0.05) is 73.6 Å². The topological polar surface area (TPSA) is 157 Å². The van der Waals surface area contributed by atoms with E-state index in [2.05, 4.69) is 53.9 Å². The largest absolute Gasteiger partial charge is 0.347 e. The second-order valence-electron chi connectivity index (χ2n) is 20.4. The molecule has 4 aliphatic carbocycles. The summed E-state index contributed by atoms with van der Waals surface area (Å²) in [6, 6.07) is -3.20. The average Bonchev–Trinajstić information content (AvgIpc) is 3.96. The van der Waals surface area contributed by atoms with Gasteiger partial charge in [0.2, 0.25) is 29.4 Å². The molecule has 6 rings (SSSR count). The number of rotatable bonds is 14. The molecule has 0 aromatic carbocycles. The first-order valence-corrected chi connectivity index (χ1v) is 22.2. The molecular formula is C44H72N6O6. The maximum absolute atomic E-state index is 15.3. The van der Waals surface area contributed by atoms with Crippen molar-refractivity contribution in [2.24, 2.45) is 33.5 Å². The Bertz CT molecular complexity index is 1520. The van der Waals surface area contributed by atoms with Gasteiger partial charge in [-0.3, -0.25) is 28.8 Å². The van der Waals surface area contributed by atoms with Crippen molar-refractivity contribution in [2.75, 3.05) is 19.6 Å².